The molecule has 2 aliphatic heterocycles. The van der Waals surface area contributed by atoms with Crippen molar-refractivity contribution in [3.63, 3.8) is 0 Å². The Morgan fingerprint density at radius 2 is 1.89 bits per heavy atom. The quantitative estimate of drug-likeness (QED) is 0.784. The third-order valence-electron chi connectivity index (χ3n) is 6.49. The molecule has 1 aromatic rings. The van der Waals surface area contributed by atoms with Gasteiger partial charge in [-0.25, -0.2) is 0 Å². The van der Waals surface area contributed by atoms with Gasteiger partial charge >= 0.3 is 0 Å². The first-order valence-electron chi connectivity index (χ1n) is 11.2. The molecule has 28 heavy (non-hydrogen) atoms. The van der Waals surface area contributed by atoms with Crippen LogP contribution in [0.15, 0.2) is 24.3 Å². The fraction of sp³-hybridized carbons (Fsp3) is 0.696. The van der Waals surface area contributed by atoms with E-state index in [9.17, 15) is 4.79 Å². The van der Waals surface area contributed by atoms with Crippen LogP contribution in [0.3, 0.4) is 0 Å². The predicted molar refractivity (Wildman–Crippen MR) is 111 cm³/mol. The van der Waals surface area contributed by atoms with Gasteiger partial charge in [-0.2, -0.15) is 0 Å². The summed E-state index contributed by atoms with van der Waals surface area (Å²) in [4.78, 5) is 17.6. The highest BCUT2D eigenvalue weighted by atomic mass is 16.5. The van der Waals surface area contributed by atoms with Gasteiger partial charge < -0.3 is 10.1 Å². The van der Waals surface area contributed by atoms with Crippen molar-refractivity contribution in [3.05, 3.63) is 29.8 Å². The Bertz CT molecular complexity index is 653. The number of carbonyl (C=O) groups is 1. The lowest BCUT2D eigenvalue weighted by Crippen LogP contribution is -2.50. The molecule has 0 spiro atoms. The Kier molecular flexibility index (Phi) is 6.53. The fourth-order valence-corrected chi connectivity index (χ4v) is 4.71. The maximum atomic E-state index is 12.5. The van der Waals surface area contributed by atoms with Crippen LogP contribution in [0.25, 0.3) is 0 Å². The third kappa shape index (κ3) is 5.06. The summed E-state index contributed by atoms with van der Waals surface area (Å²) in [7, 11) is 0. The molecule has 1 aliphatic carbocycles. The first-order valence-corrected chi connectivity index (χ1v) is 11.2. The molecule has 3 aliphatic rings. The van der Waals surface area contributed by atoms with Crippen LogP contribution in [0.2, 0.25) is 0 Å². The summed E-state index contributed by atoms with van der Waals surface area (Å²) in [5, 5.41) is 3.21. The monoisotopic (exact) mass is 385 g/mol. The molecule has 1 aromatic carbocycles. The van der Waals surface area contributed by atoms with Crippen molar-refractivity contribution in [2.45, 2.75) is 64.1 Å². The van der Waals surface area contributed by atoms with E-state index in [-0.39, 0.29) is 5.92 Å². The number of likely N-dealkylation sites (tertiary alicyclic amines) is 2. The summed E-state index contributed by atoms with van der Waals surface area (Å²) < 4.78 is 5.79. The number of nitrogens with zero attached hydrogens (tertiary/aromatic N) is 2. The van der Waals surface area contributed by atoms with Gasteiger partial charge in [-0.05, 0) is 71.1 Å². The Hall–Kier alpha value is -1.59. The standard InChI is InChI=1S/C23H35N3O2/c1-2-28-22-8-4-3-6-18(22)16-25-14-11-21(12-15-25)26-13-5-7-19(17-26)23(27)24-20-9-10-20/h3-4,6,8,19-21H,2,5,7,9-17H2,1H3,(H,24,27)/t19-/m1/s1. The van der Waals surface area contributed by atoms with Crippen molar-refractivity contribution in [1.29, 1.82) is 0 Å². The summed E-state index contributed by atoms with van der Waals surface area (Å²) in [6.07, 6.45) is 6.97. The molecule has 1 atom stereocenters. The fourth-order valence-electron chi connectivity index (χ4n) is 4.71. The number of piperidine rings is 2. The highest BCUT2D eigenvalue weighted by Crippen LogP contribution is 2.27. The summed E-state index contributed by atoms with van der Waals surface area (Å²) >= 11 is 0. The van der Waals surface area contributed by atoms with Crippen LogP contribution in [-0.2, 0) is 11.3 Å². The molecule has 5 nitrogen and oxygen atoms in total. The smallest absolute Gasteiger partial charge is 0.224 e. The van der Waals surface area contributed by atoms with Crippen molar-refractivity contribution in [1.82, 2.24) is 15.1 Å². The number of benzene rings is 1. The molecule has 3 fully saturated rings. The highest BCUT2D eigenvalue weighted by Gasteiger charge is 2.33. The number of hydrogen-bond donors (Lipinski definition) is 1. The van der Waals surface area contributed by atoms with E-state index >= 15 is 0 Å². The average Bonchev–Trinajstić information content (AvgIpc) is 3.54. The molecule has 1 amide bonds. The van der Waals surface area contributed by atoms with Crippen molar-refractivity contribution >= 4 is 5.91 Å². The number of para-hydroxylation sites is 1. The van der Waals surface area contributed by atoms with Gasteiger partial charge in [0.1, 0.15) is 5.75 Å². The van der Waals surface area contributed by atoms with Gasteiger partial charge in [0.05, 0.1) is 12.5 Å². The zero-order chi connectivity index (χ0) is 19.3. The molecular formula is C23H35N3O2. The summed E-state index contributed by atoms with van der Waals surface area (Å²) in [5.41, 5.74) is 1.29. The van der Waals surface area contributed by atoms with E-state index in [2.05, 4.69) is 33.3 Å². The van der Waals surface area contributed by atoms with Gasteiger partial charge in [0, 0.05) is 30.7 Å². The number of hydrogen-bond acceptors (Lipinski definition) is 4. The molecule has 2 saturated heterocycles. The van der Waals surface area contributed by atoms with Crippen molar-refractivity contribution in [2.24, 2.45) is 5.92 Å². The predicted octanol–water partition coefficient (Wildman–Crippen LogP) is 3.04. The van der Waals surface area contributed by atoms with E-state index in [1.807, 2.05) is 13.0 Å². The van der Waals surface area contributed by atoms with Crippen molar-refractivity contribution in [2.75, 3.05) is 32.8 Å². The maximum absolute atomic E-state index is 12.5. The van der Waals surface area contributed by atoms with Crippen LogP contribution in [0.1, 0.15) is 51.0 Å². The zero-order valence-corrected chi connectivity index (χ0v) is 17.2. The Morgan fingerprint density at radius 1 is 1.11 bits per heavy atom. The van der Waals surface area contributed by atoms with E-state index < -0.39 is 0 Å². The van der Waals surface area contributed by atoms with E-state index in [1.165, 1.54) is 31.2 Å². The summed E-state index contributed by atoms with van der Waals surface area (Å²) in [6.45, 7) is 8.08. The molecular weight excluding hydrogens is 350 g/mol. The van der Waals surface area contributed by atoms with Gasteiger partial charge in [-0.3, -0.25) is 14.6 Å². The molecule has 1 saturated carbocycles. The first-order chi connectivity index (χ1) is 13.7. The lowest BCUT2D eigenvalue weighted by molar-refractivity contribution is -0.127. The minimum atomic E-state index is 0.199. The third-order valence-corrected chi connectivity index (χ3v) is 6.49. The number of nitrogens with one attached hydrogen (secondary N) is 1. The maximum Gasteiger partial charge on any atom is 0.224 e. The van der Waals surface area contributed by atoms with Crippen LogP contribution in [0.5, 0.6) is 5.75 Å². The van der Waals surface area contributed by atoms with Crippen LogP contribution in [-0.4, -0.2) is 60.6 Å². The lowest BCUT2D eigenvalue weighted by atomic mass is 9.93. The molecule has 0 unspecified atom stereocenters. The topological polar surface area (TPSA) is 44.8 Å². The summed E-state index contributed by atoms with van der Waals surface area (Å²) in [6, 6.07) is 9.52. The molecule has 0 bridgehead atoms. The van der Waals surface area contributed by atoms with E-state index in [0.717, 1.165) is 51.3 Å². The number of amides is 1. The van der Waals surface area contributed by atoms with E-state index in [0.29, 0.717) is 24.6 Å². The van der Waals surface area contributed by atoms with Crippen LogP contribution < -0.4 is 10.1 Å². The Labute approximate surface area is 169 Å². The summed E-state index contributed by atoms with van der Waals surface area (Å²) in [5.74, 6) is 1.52. The van der Waals surface area contributed by atoms with Crippen molar-refractivity contribution < 1.29 is 9.53 Å². The van der Waals surface area contributed by atoms with Gasteiger partial charge in [0.15, 0.2) is 0 Å². The Balaban J connectivity index is 1.26. The van der Waals surface area contributed by atoms with Gasteiger partial charge in [-0.15, -0.1) is 0 Å². The normalized spacial score (nSPS) is 24.8. The molecule has 0 aromatic heterocycles. The van der Waals surface area contributed by atoms with Crippen LogP contribution >= 0.6 is 0 Å². The highest BCUT2D eigenvalue weighted by molar-refractivity contribution is 5.79. The molecule has 2 heterocycles. The van der Waals surface area contributed by atoms with Crippen molar-refractivity contribution in [3.8, 4) is 5.75 Å². The van der Waals surface area contributed by atoms with Gasteiger partial charge in [-0.1, -0.05) is 18.2 Å². The zero-order valence-electron chi connectivity index (χ0n) is 17.2. The first kappa shape index (κ1) is 19.7. The minimum absolute atomic E-state index is 0.199. The van der Waals surface area contributed by atoms with Gasteiger partial charge in [0.2, 0.25) is 5.91 Å². The van der Waals surface area contributed by atoms with Crippen LogP contribution in [0.4, 0.5) is 0 Å². The van der Waals surface area contributed by atoms with Gasteiger partial charge in [0.25, 0.3) is 0 Å². The SMILES string of the molecule is CCOc1ccccc1CN1CCC(N2CCC[C@@H](C(=O)NC3CC3)C2)CC1. The average molecular weight is 386 g/mol. The molecule has 0 radical (unpaired) electrons. The molecule has 1 N–H and O–H groups in total. The molecule has 154 valence electrons. The Morgan fingerprint density at radius 3 is 2.64 bits per heavy atom. The minimum Gasteiger partial charge on any atom is -0.494 e. The number of carbonyl (C=O) groups excluding carboxylic acids is 1. The van der Waals surface area contributed by atoms with Crippen LogP contribution in [0, 0.1) is 5.92 Å². The molecule has 5 heteroatoms. The second-order valence-corrected chi connectivity index (χ2v) is 8.67. The van der Waals surface area contributed by atoms with E-state index in [4.69, 9.17) is 4.74 Å². The lowest BCUT2D eigenvalue weighted by Gasteiger charge is -2.42. The largest absolute Gasteiger partial charge is 0.494 e. The molecule has 4 rings (SSSR count). The second kappa shape index (κ2) is 9.27. The number of ether oxygens (including phenoxy) is 1. The van der Waals surface area contributed by atoms with E-state index in [1.54, 1.807) is 0 Å². The second-order valence-electron chi connectivity index (χ2n) is 8.67. The number of rotatable bonds is 7.